The first kappa shape index (κ1) is 18.6. The highest BCUT2D eigenvalue weighted by Crippen LogP contribution is 2.36. The molecule has 1 saturated heterocycles. The number of aromatic nitrogens is 1. The molecule has 1 aromatic heterocycles. The van der Waals surface area contributed by atoms with Crippen LogP contribution in [0.25, 0.3) is 0 Å². The predicted molar refractivity (Wildman–Crippen MR) is 110 cm³/mol. The first-order valence-electron chi connectivity index (χ1n) is 10.2. The summed E-state index contributed by atoms with van der Waals surface area (Å²) in [6.45, 7) is 6.65. The Kier molecular flexibility index (Phi) is 5.89. The van der Waals surface area contributed by atoms with Crippen molar-refractivity contribution in [1.29, 1.82) is 0 Å². The predicted octanol–water partition coefficient (Wildman–Crippen LogP) is 4.46. The van der Waals surface area contributed by atoms with E-state index in [9.17, 15) is 4.79 Å². The SMILES string of the molecule is Cc1cccc(C(=O)N2CCCN(Cc3cnc(C4CCCC4)s3)CC2)c1. The quantitative estimate of drug-likeness (QED) is 0.782. The van der Waals surface area contributed by atoms with Crippen molar-refractivity contribution in [3.63, 3.8) is 0 Å². The van der Waals surface area contributed by atoms with E-state index in [1.165, 1.54) is 35.6 Å². The molecule has 4 nitrogen and oxygen atoms in total. The van der Waals surface area contributed by atoms with Crippen LogP contribution in [0.3, 0.4) is 0 Å². The van der Waals surface area contributed by atoms with Crippen molar-refractivity contribution in [2.45, 2.75) is 51.5 Å². The van der Waals surface area contributed by atoms with Crippen LogP contribution in [-0.2, 0) is 6.54 Å². The third-order valence-electron chi connectivity index (χ3n) is 5.80. The van der Waals surface area contributed by atoms with Crippen molar-refractivity contribution in [3.05, 3.63) is 51.5 Å². The second-order valence-corrected chi connectivity index (χ2v) is 9.08. The summed E-state index contributed by atoms with van der Waals surface area (Å²) in [6, 6.07) is 7.93. The smallest absolute Gasteiger partial charge is 0.253 e. The zero-order chi connectivity index (χ0) is 18.6. The fourth-order valence-corrected chi connectivity index (χ4v) is 5.40. The molecule has 1 amide bonds. The zero-order valence-corrected chi connectivity index (χ0v) is 17.0. The molecule has 1 aromatic carbocycles. The molecule has 0 atom stereocenters. The second kappa shape index (κ2) is 8.53. The molecule has 27 heavy (non-hydrogen) atoms. The summed E-state index contributed by atoms with van der Waals surface area (Å²) in [5, 5.41) is 1.34. The summed E-state index contributed by atoms with van der Waals surface area (Å²) in [7, 11) is 0. The lowest BCUT2D eigenvalue weighted by molar-refractivity contribution is 0.0761. The normalized spacial score (nSPS) is 19.4. The Labute approximate surface area is 166 Å². The van der Waals surface area contributed by atoms with Crippen molar-refractivity contribution >= 4 is 17.2 Å². The van der Waals surface area contributed by atoms with E-state index in [1.54, 1.807) is 0 Å². The fraction of sp³-hybridized carbons (Fsp3) is 0.545. The summed E-state index contributed by atoms with van der Waals surface area (Å²) in [4.78, 5) is 23.4. The Balaban J connectivity index is 1.34. The highest BCUT2D eigenvalue weighted by Gasteiger charge is 2.23. The van der Waals surface area contributed by atoms with Gasteiger partial charge in [0.15, 0.2) is 0 Å². The monoisotopic (exact) mass is 383 g/mol. The van der Waals surface area contributed by atoms with Crippen molar-refractivity contribution in [3.8, 4) is 0 Å². The maximum atomic E-state index is 12.8. The minimum Gasteiger partial charge on any atom is -0.337 e. The minimum atomic E-state index is 0.168. The van der Waals surface area contributed by atoms with Crippen LogP contribution in [0.1, 0.15) is 63.8 Å². The minimum absolute atomic E-state index is 0.168. The van der Waals surface area contributed by atoms with Crippen molar-refractivity contribution in [1.82, 2.24) is 14.8 Å². The third-order valence-corrected chi connectivity index (χ3v) is 6.94. The van der Waals surface area contributed by atoms with Gasteiger partial charge in [-0.3, -0.25) is 9.69 Å². The van der Waals surface area contributed by atoms with Gasteiger partial charge in [-0.25, -0.2) is 4.98 Å². The molecule has 0 N–H and O–H groups in total. The summed E-state index contributed by atoms with van der Waals surface area (Å²) in [5.41, 5.74) is 1.95. The average Bonchev–Trinajstić information content (AvgIpc) is 3.30. The Hall–Kier alpha value is -1.72. The number of nitrogens with zero attached hydrogens (tertiary/aromatic N) is 3. The number of hydrogen-bond donors (Lipinski definition) is 0. The molecule has 144 valence electrons. The second-order valence-electron chi connectivity index (χ2n) is 7.94. The molecule has 0 spiro atoms. The van der Waals surface area contributed by atoms with Crippen LogP contribution in [0.15, 0.2) is 30.5 Å². The molecule has 1 aliphatic heterocycles. The van der Waals surface area contributed by atoms with Crippen molar-refractivity contribution < 1.29 is 4.79 Å². The van der Waals surface area contributed by atoms with E-state index in [0.29, 0.717) is 5.92 Å². The van der Waals surface area contributed by atoms with Crippen LogP contribution in [0.2, 0.25) is 0 Å². The van der Waals surface area contributed by atoms with Crippen molar-refractivity contribution in [2.75, 3.05) is 26.2 Å². The lowest BCUT2D eigenvalue weighted by atomic mass is 10.1. The number of rotatable bonds is 4. The third kappa shape index (κ3) is 4.58. The molecular weight excluding hydrogens is 354 g/mol. The highest BCUT2D eigenvalue weighted by atomic mass is 32.1. The molecule has 0 radical (unpaired) electrons. The number of carbonyl (C=O) groups excluding carboxylic acids is 1. The van der Waals surface area contributed by atoms with Crippen LogP contribution in [-0.4, -0.2) is 46.9 Å². The number of carbonyl (C=O) groups is 1. The van der Waals surface area contributed by atoms with Gasteiger partial charge in [0.2, 0.25) is 0 Å². The summed E-state index contributed by atoms with van der Waals surface area (Å²) in [6.07, 6.45) is 8.46. The van der Waals surface area contributed by atoms with Gasteiger partial charge in [-0.15, -0.1) is 11.3 Å². The molecule has 2 heterocycles. The number of amides is 1. The van der Waals surface area contributed by atoms with Gasteiger partial charge in [0.1, 0.15) is 0 Å². The molecule has 2 aliphatic rings. The Morgan fingerprint density at radius 1 is 1.15 bits per heavy atom. The summed E-state index contributed by atoms with van der Waals surface area (Å²) >= 11 is 1.90. The molecular formula is C22H29N3OS. The van der Waals surface area contributed by atoms with E-state index >= 15 is 0 Å². The fourth-order valence-electron chi connectivity index (χ4n) is 4.27. The number of thiazole rings is 1. The van der Waals surface area contributed by atoms with Gasteiger partial charge < -0.3 is 4.90 Å². The zero-order valence-electron chi connectivity index (χ0n) is 16.2. The average molecular weight is 384 g/mol. The van der Waals surface area contributed by atoms with E-state index in [1.807, 2.05) is 47.4 Å². The van der Waals surface area contributed by atoms with Gasteiger partial charge in [-0.1, -0.05) is 30.5 Å². The van der Waals surface area contributed by atoms with Gasteiger partial charge in [0, 0.05) is 55.3 Å². The van der Waals surface area contributed by atoms with Gasteiger partial charge in [0.25, 0.3) is 5.91 Å². The first-order valence-corrected chi connectivity index (χ1v) is 11.0. The van der Waals surface area contributed by atoms with Gasteiger partial charge in [0.05, 0.1) is 5.01 Å². The number of hydrogen-bond acceptors (Lipinski definition) is 4. The topological polar surface area (TPSA) is 36.4 Å². The van der Waals surface area contributed by atoms with Crippen LogP contribution < -0.4 is 0 Å². The van der Waals surface area contributed by atoms with E-state index in [2.05, 4.69) is 11.1 Å². The van der Waals surface area contributed by atoms with Crippen molar-refractivity contribution in [2.24, 2.45) is 0 Å². The van der Waals surface area contributed by atoms with Crippen LogP contribution >= 0.6 is 11.3 Å². The Bertz CT molecular complexity index is 781. The standard InChI is InChI=1S/C22H29N3OS/c1-17-6-4-9-19(14-17)22(26)25-11-5-10-24(12-13-25)16-20-15-23-21(27-20)18-7-2-3-8-18/h4,6,9,14-15,18H,2-3,5,7-8,10-13,16H2,1H3. The molecule has 4 rings (SSSR count). The Morgan fingerprint density at radius 3 is 2.81 bits per heavy atom. The van der Waals surface area contributed by atoms with E-state index in [4.69, 9.17) is 4.98 Å². The Morgan fingerprint density at radius 2 is 2.00 bits per heavy atom. The van der Waals surface area contributed by atoms with E-state index < -0.39 is 0 Å². The van der Waals surface area contributed by atoms with Gasteiger partial charge in [-0.2, -0.15) is 0 Å². The first-order chi connectivity index (χ1) is 13.2. The maximum absolute atomic E-state index is 12.8. The lowest BCUT2D eigenvalue weighted by Crippen LogP contribution is -2.35. The molecule has 1 aliphatic carbocycles. The molecule has 2 fully saturated rings. The van der Waals surface area contributed by atoms with Gasteiger partial charge >= 0.3 is 0 Å². The number of aryl methyl sites for hydroxylation is 1. The lowest BCUT2D eigenvalue weighted by Gasteiger charge is -2.22. The molecule has 5 heteroatoms. The molecule has 2 aromatic rings. The molecule has 0 bridgehead atoms. The van der Waals surface area contributed by atoms with Gasteiger partial charge in [-0.05, 0) is 38.3 Å². The molecule has 0 unspecified atom stereocenters. The summed E-state index contributed by atoms with van der Waals surface area (Å²) in [5.74, 6) is 0.872. The highest BCUT2D eigenvalue weighted by molar-refractivity contribution is 7.11. The maximum Gasteiger partial charge on any atom is 0.253 e. The van der Waals surface area contributed by atoms with Crippen LogP contribution in [0.5, 0.6) is 0 Å². The number of benzene rings is 1. The van der Waals surface area contributed by atoms with E-state index in [-0.39, 0.29) is 5.91 Å². The van der Waals surface area contributed by atoms with Crippen LogP contribution in [0, 0.1) is 6.92 Å². The summed E-state index contributed by atoms with van der Waals surface area (Å²) < 4.78 is 0. The molecule has 1 saturated carbocycles. The largest absolute Gasteiger partial charge is 0.337 e. The van der Waals surface area contributed by atoms with E-state index in [0.717, 1.165) is 50.3 Å². The van der Waals surface area contributed by atoms with Crippen LogP contribution in [0.4, 0.5) is 0 Å².